The van der Waals surface area contributed by atoms with Gasteiger partial charge >= 0.3 is 11.9 Å². The smallest absolute Gasteiger partial charge is 0.326 e. The molecule has 0 bridgehead atoms. The van der Waals surface area contributed by atoms with Gasteiger partial charge in [-0.15, -0.1) is 0 Å². The first-order valence-corrected chi connectivity index (χ1v) is 10.1. The van der Waals surface area contributed by atoms with Gasteiger partial charge in [-0.05, 0) is 19.3 Å². The summed E-state index contributed by atoms with van der Waals surface area (Å²) in [5.74, 6) is -7.39. The molecular weight excluding hydrogens is 460 g/mol. The Kier molecular flexibility index (Phi) is 13.4. The maximum Gasteiger partial charge on any atom is 0.326 e. The van der Waals surface area contributed by atoms with Crippen molar-refractivity contribution in [2.75, 3.05) is 6.61 Å². The summed E-state index contributed by atoms with van der Waals surface area (Å²) < 4.78 is 0. The number of nitrogens with one attached hydrogen (secondary N) is 3. The number of aliphatic carboxylic acids is 2. The first-order valence-electron chi connectivity index (χ1n) is 10.1. The highest BCUT2D eigenvalue weighted by Gasteiger charge is 2.30. The zero-order valence-electron chi connectivity index (χ0n) is 18.2. The standard InChI is InChI=1S/C18H30N6O10/c19-8(1-4-12(20)26)15(30)24-11(7-25)17(32)22-9(2-5-13(21)27)16(31)23-10(18(33)34)3-6-14(28)29/h8-11,25H,1-7,19H2,(H2,20,26)(H2,21,27)(H,22,32)(H,23,31)(H,24,30)(H,28,29)(H,33,34). The van der Waals surface area contributed by atoms with Crippen molar-refractivity contribution in [1.82, 2.24) is 16.0 Å². The fourth-order valence-electron chi connectivity index (χ4n) is 2.53. The van der Waals surface area contributed by atoms with Crippen LogP contribution >= 0.6 is 0 Å². The molecular formula is C18H30N6O10. The molecule has 16 heteroatoms. The number of aliphatic hydroxyl groups excluding tert-OH is 1. The number of carbonyl (C=O) groups excluding carboxylic acids is 5. The van der Waals surface area contributed by atoms with Crippen molar-refractivity contribution in [3.8, 4) is 0 Å². The first-order chi connectivity index (χ1) is 15.8. The Balaban J connectivity index is 5.32. The van der Waals surface area contributed by atoms with E-state index in [0.717, 1.165) is 0 Å². The molecule has 0 aromatic heterocycles. The molecule has 12 N–H and O–H groups in total. The van der Waals surface area contributed by atoms with Crippen LogP contribution in [-0.2, 0) is 33.6 Å². The van der Waals surface area contributed by atoms with Gasteiger partial charge in [-0.3, -0.25) is 28.8 Å². The van der Waals surface area contributed by atoms with Crippen molar-refractivity contribution >= 4 is 41.5 Å². The molecule has 4 unspecified atom stereocenters. The third kappa shape index (κ3) is 12.3. The second-order valence-electron chi connectivity index (χ2n) is 7.25. The molecule has 34 heavy (non-hydrogen) atoms. The number of amides is 5. The minimum absolute atomic E-state index is 0.127. The van der Waals surface area contributed by atoms with Gasteiger partial charge in [0.2, 0.25) is 29.5 Å². The number of nitrogens with two attached hydrogens (primary N) is 3. The van der Waals surface area contributed by atoms with Crippen molar-refractivity contribution in [2.45, 2.75) is 62.7 Å². The normalized spacial score (nSPS) is 14.1. The average molecular weight is 490 g/mol. The highest BCUT2D eigenvalue weighted by atomic mass is 16.4. The summed E-state index contributed by atoms with van der Waals surface area (Å²) in [6.45, 7) is -0.916. The van der Waals surface area contributed by atoms with Gasteiger partial charge in [0.1, 0.15) is 18.1 Å². The quantitative estimate of drug-likeness (QED) is 0.0932. The van der Waals surface area contributed by atoms with Gasteiger partial charge in [0, 0.05) is 19.3 Å². The van der Waals surface area contributed by atoms with E-state index < -0.39 is 85.1 Å². The molecule has 0 saturated heterocycles. The van der Waals surface area contributed by atoms with Crippen LogP contribution in [0.5, 0.6) is 0 Å². The van der Waals surface area contributed by atoms with Crippen LogP contribution < -0.4 is 33.2 Å². The lowest BCUT2D eigenvalue weighted by Gasteiger charge is -2.24. The van der Waals surface area contributed by atoms with Crippen molar-refractivity contribution in [3.05, 3.63) is 0 Å². The van der Waals surface area contributed by atoms with E-state index in [-0.39, 0.29) is 25.7 Å². The van der Waals surface area contributed by atoms with E-state index >= 15 is 0 Å². The van der Waals surface area contributed by atoms with Gasteiger partial charge in [-0.1, -0.05) is 0 Å². The molecule has 0 fully saturated rings. The molecule has 0 aliphatic rings. The van der Waals surface area contributed by atoms with Crippen LogP contribution in [-0.4, -0.2) is 87.6 Å². The van der Waals surface area contributed by atoms with Gasteiger partial charge in [0.25, 0.3) is 0 Å². The fourth-order valence-corrected chi connectivity index (χ4v) is 2.53. The number of rotatable bonds is 17. The van der Waals surface area contributed by atoms with Crippen LogP contribution in [0.25, 0.3) is 0 Å². The average Bonchev–Trinajstić information content (AvgIpc) is 2.74. The molecule has 0 heterocycles. The molecule has 0 radical (unpaired) electrons. The van der Waals surface area contributed by atoms with E-state index in [1.807, 2.05) is 0 Å². The maximum absolute atomic E-state index is 12.5. The Morgan fingerprint density at radius 2 is 1.09 bits per heavy atom. The van der Waals surface area contributed by atoms with E-state index in [9.17, 15) is 43.8 Å². The van der Waals surface area contributed by atoms with Crippen LogP contribution in [0, 0.1) is 0 Å². The summed E-state index contributed by atoms with van der Waals surface area (Å²) >= 11 is 0. The Morgan fingerprint density at radius 1 is 0.647 bits per heavy atom. The van der Waals surface area contributed by atoms with Gasteiger partial charge in [-0.25, -0.2) is 4.79 Å². The van der Waals surface area contributed by atoms with Gasteiger partial charge in [-0.2, -0.15) is 0 Å². The number of hydrogen-bond donors (Lipinski definition) is 9. The Labute approximate surface area is 193 Å². The molecule has 0 aliphatic carbocycles. The molecule has 0 saturated carbocycles. The van der Waals surface area contributed by atoms with Crippen LogP contribution in [0.3, 0.4) is 0 Å². The number of carboxylic acids is 2. The predicted octanol–water partition coefficient (Wildman–Crippen LogP) is -4.76. The van der Waals surface area contributed by atoms with E-state index in [0.29, 0.717) is 0 Å². The lowest BCUT2D eigenvalue weighted by Crippen LogP contribution is -2.58. The number of carboxylic acid groups (broad SMARTS) is 2. The van der Waals surface area contributed by atoms with E-state index in [2.05, 4.69) is 16.0 Å². The second-order valence-corrected chi connectivity index (χ2v) is 7.25. The fraction of sp³-hybridized carbons (Fsp3) is 0.611. The Hall–Kier alpha value is -3.79. The topological polar surface area (TPSA) is 294 Å². The first kappa shape index (κ1) is 30.2. The molecule has 192 valence electrons. The highest BCUT2D eigenvalue weighted by Crippen LogP contribution is 2.04. The zero-order valence-corrected chi connectivity index (χ0v) is 18.2. The molecule has 0 spiro atoms. The SMILES string of the molecule is NC(=O)CCC(N)C(=O)NC(CO)C(=O)NC(CCC(N)=O)C(=O)NC(CCC(=O)O)C(=O)O. The zero-order chi connectivity index (χ0) is 26.4. The number of aliphatic hydroxyl groups is 1. The number of carbonyl (C=O) groups is 7. The Morgan fingerprint density at radius 3 is 1.56 bits per heavy atom. The minimum Gasteiger partial charge on any atom is -0.481 e. The van der Waals surface area contributed by atoms with Crippen LogP contribution in [0.1, 0.15) is 38.5 Å². The van der Waals surface area contributed by atoms with Crippen LogP contribution in [0.4, 0.5) is 0 Å². The van der Waals surface area contributed by atoms with Gasteiger partial charge in [0.15, 0.2) is 0 Å². The van der Waals surface area contributed by atoms with Gasteiger partial charge in [0.05, 0.1) is 12.6 Å². The predicted molar refractivity (Wildman–Crippen MR) is 112 cm³/mol. The number of hydrogen-bond acceptors (Lipinski definition) is 9. The minimum atomic E-state index is -1.60. The molecule has 16 nitrogen and oxygen atoms in total. The summed E-state index contributed by atoms with van der Waals surface area (Å²) in [6.07, 6.45) is -2.10. The monoisotopic (exact) mass is 490 g/mol. The summed E-state index contributed by atoms with van der Waals surface area (Å²) in [4.78, 5) is 81.0. The summed E-state index contributed by atoms with van der Waals surface area (Å²) in [5.41, 5.74) is 15.6. The summed E-state index contributed by atoms with van der Waals surface area (Å²) in [6, 6.07) is -5.93. The molecule has 0 aliphatic heterocycles. The molecule has 4 atom stereocenters. The lowest BCUT2D eigenvalue weighted by atomic mass is 10.1. The van der Waals surface area contributed by atoms with Crippen LogP contribution in [0.15, 0.2) is 0 Å². The second kappa shape index (κ2) is 15.1. The van der Waals surface area contributed by atoms with E-state index in [1.165, 1.54) is 0 Å². The molecule has 0 rings (SSSR count). The maximum atomic E-state index is 12.5. The third-order valence-electron chi connectivity index (χ3n) is 4.43. The lowest BCUT2D eigenvalue weighted by molar-refractivity contribution is -0.143. The molecule has 0 aromatic rings. The highest BCUT2D eigenvalue weighted by molar-refractivity contribution is 5.94. The van der Waals surface area contributed by atoms with E-state index in [1.54, 1.807) is 0 Å². The van der Waals surface area contributed by atoms with Crippen molar-refractivity contribution in [1.29, 1.82) is 0 Å². The largest absolute Gasteiger partial charge is 0.481 e. The summed E-state index contributed by atoms with van der Waals surface area (Å²) in [5, 5.41) is 33.7. The van der Waals surface area contributed by atoms with Crippen molar-refractivity contribution in [2.24, 2.45) is 17.2 Å². The van der Waals surface area contributed by atoms with E-state index in [4.69, 9.17) is 22.3 Å². The van der Waals surface area contributed by atoms with Crippen LogP contribution in [0.2, 0.25) is 0 Å². The third-order valence-corrected chi connectivity index (χ3v) is 4.43. The molecule has 5 amide bonds. The summed E-state index contributed by atoms with van der Waals surface area (Å²) in [7, 11) is 0. The number of primary amides is 2. The Bertz CT molecular complexity index is 789. The van der Waals surface area contributed by atoms with Crippen molar-refractivity contribution < 1.29 is 48.9 Å². The van der Waals surface area contributed by atoms with Gasteiger partial charge < -0.3 is 48.5 Å². The molecule has 0 aromatic carbocycles. The van der Waals surface area contributed by atoms with Crippen molar-refractivity contribution in [3.63, 3.8) is 0 Å².